The standard InChI is InChI=1S/C11H17NO5/c1-12(5-3-4-9(13)17-2)10(14)7-6-8(7)11(15)16/h7-8H,3-6H2,1-2H3,(H,15,16)/t7-,8+/m1/s1. The Morgan fingerprint density at radius 3 is 2.47 bits per heavy atom. The van der Waals surface area contributed by atoms with Crippen LogP contribution in [0.4, 0.5) is 0 Å². The molecule has 0 aromatic rings. The number of nitrogens with zero attached hydrogens (tertiary/aromatic N) is 1. The fourth-order valence-electron chi connectivity index (χ4n) is 1.70. The number of ether oxygens (including phenoxy) is 1. The topological polar surface area (TPSA) is 83.9 Å². The third-order valence-corrected chi connectivity index (χ3v) is 2.90. The number of carbonyl (C=O) groups excluding carboxylic acids is 2. The summed E-state index contributed by atoms with van der Waals surface area (Å²) in [4.78, 5) is 34.7. The van der Waals surface area contributed by atoms with Gasteiger partial charge in [0.2, 0.25) is 5.91 Å². The van der Waals surface area contributed by atoms with Gasteiger partial charge in [0.05, 0.1) is 18.9 Å². The van der Waals surface area contributed by atoms with Crippen molar-refractivity contribution in [1.82, 2.24) is 4.90 Å². The van der Waals surface area contributed by atoms with Gasteiger partial charge >= 0.3 is 11.9 Å². The first-order valence-electron chi connectivity index (χ1n) is 5.52. The number of hydrogen-bond acceptors (Lipinski definition) is 4. The van der Waals surface area contributed by atoms with E-state index in [2.05, 4.69) is 4.74 Å². The van der Waals surface area contributed by atoms with E-state index in [0.29, 0.717) is 19.4 Å². The minimum atomic E-state index is -0.911. The van der Waals surface area contributed by atoms with E-state index >= 15 is 0 Å². The molecule has 6 heteroatoms. The molecule has 1 saturated carbocycles. The number of esters is 1. The molecule has 0 aromatic carbocycles. The summed E-state index contributed by atoms with van der Waals surface area (Å²) in [6.07, 6.45) is 1.22. The lowest BCUT2D eigenvalue weighted by Gasteiger charge is -2.16. The van der Waals surface area contributed by atoms with Gasteiger partial charge in [0.25, 0.3) is 0 Å². The van der Waals surface area contributed by atoms with Crippen LogP contribution in [0, 0.1) is 11.8 Å². The molecule has 0 unspecified atom stereocenters. The smallest absolute Gasteiger partial charge is 0.307 e. The van der Waals surface area contributed by atoms with Gasteiger partial charge in [-0.2, -0.15) is 0 Å². The van der Waals surface area contributed by atoms with Gasteiger partial charge in [-0.15, -0.1) is 0 Å². The lowest BCUT2D eigenvalue weighted by atomic mass is 10.2. The Kier molecular flexibility index (Phi) is 4.48. The first-order valence-corrected chi connectivity index (χ1v) is 5.52. The molecule has 1 amide bonds. The molecule has 1 aliphatic rings. The van der Waals surface area contributed by atoms with E-state index in [1.165, 1.54) is 12.0 Å². The predicted octanol–water partition coefficient (Wildman–Crippen LogP) is 0.119. The molecule has 1 N–H and O–H groups in total. The molecule has 0 aromatic heterocycles. The molecule has 96 valence electrons. The van der Waals surface area contributed by atoms with E-state index in [4.69, 9.17) is 5.11 Å². The van der Waals surface area contributed by atoms with Gasteiger partial charge in [-0.05, 0) is 12.8 Å². The highest BCUT2D eigenvalue weighted by molar-refractivity contribution is 5.89. The normalized spacial score (nSPS) is 21.8. The van der Waals surface area contributed by atoms with Crippen LogP contribution in [0.3, 0.4) is 0 Å². The maximum absolute atomic E-state index is 11.7. The Labute approximate surface area is 99.5 Å². The Morgan fingerprint density at radius 1 is 1.35 bits per heavy atom. The second-order valence-electron chi connectivity index (χ2n) is 4.23. The number of methoxy groups -OCH3 is 1. The monoisotopic (exact) mass is 243 g/mol. The third-order valence-electron chi connectivity index (χ3n) is 2.90. The molecule has 6 nitrogen and oxygen atoms in total. The molecule has 2 atom stereocenters. The number of carbonyl (C=O) groups is 3. The predicted molar refractivity (Wildman–Crippen MR) is 58.1 cm³/mol. The molecule has 0 bridgehead atoms. The zero-order valence-electron chi connectivity index (χ0n) is 10.0. The molecule has 0 radical (unpaired) electrons. The van der Waals surface area contributed by atoms with Crippen molar-refractivity contribution >= 4 is 17.8 Å². The van der Waals surface area contributed by atoms with Gasteiger partial charge in [-0.1, -0.05) is 0 Å². The molecule has 1 rings (SSSR count). The van der Waals surface area contributed by atoms with Gasteiger partial charge in [-0.25, -0.2) is 0 Å². The summed E-state index contributed by atoms with van der Waals surface area (Å²) in [6.45, 7) is 0.441. The van der Waals surface area contributed by atoms with Crippen molar-refractivity contribution in [2.24, 2.45) is 11.8 Å². The number of carboxylic acid groups (broad SMARTS) is 1. The molecule has 0 heterocycles. The minimum absolute atomic E-state index is 0.151. The second-order valence-corrected chi connectivity index (χ2v) is 4.23. The highest BCUT2D eigenvalue weighted by Crippen LogP contribution is 2.39. The Balaban J connectivity index is 2.24. The van der Waals surface area contributed by atoms with Crippen LogP contribution in [0.5, 0.6) is 0 Å². The van der Waals surface area contributed by atoms with Crippen LogP contribution in [0.25, 0.3) is 0 Å². The van der Waals surface area contributed by atoms with Crippen molar-refractivity contribution in [3.63, 3.8) is 0 Å². The fourth-order valence-corrected chi connectivity index (χ4v) is 1.70. The van der Waals surface area contributed by atoms with Gasteiger partial charge in [0.1, 0.15) is 0 Å². The van der Waals surface area contributed by atoms with Crippen LogP contribution in [-0.4, -0.2) is 48.6 Å². The molecule has 0 aliphatic heterocycles. The summed E-state index contributed by atoms with van der Waals surface area (Å²) in [5, 5.41) is 8.70. The molecule has 0 spiro atoms. The Morgan fingerprint density at radius 2 is 2.00 bits per heavy atom. The highest BCUT2D eigenvalue weighted by Gasteiger charge is 2.49. The van der Waals surface area contributed by atoms with Crippen LogP contribution in [0.15, 0.2) is 0 Å². The van der Waals surface area contributed by atoms with E-state index in [1.807, 2.05) is 0 Å². The SMILES string of the molecule is COC(=O)CCCN(C)C(=O)[C@@H]1C[C@@H]1C(=O)O. The first kappa shape index (κ1) is 13.5. The number of rotatable bonds is 6. The van der Waals surface area contributed by atoms with Crippen molar-refractivity contribution in [3.8, 4) is 0 Å². The van der Waals surface area contributed by atoms with Crippen LogP contribution < -0.4 is 0 Å². The van der Waals surface area contributed by atoms with Crippen LogP contribution in [-0.2, 0) is 19.1 Å². The summed E-state index contributed by atoms with van der Waals surface area (Å²) in [7, 11) is 2.94. The van der Waals surface area contributed by atoms with E-state index in [1.54, 1.807) is 7.05 Å². The van der Waals surface area contributed by atoms with Gasteiger partial charge in [0.15, 0.2) is 0 Å². The lowest BCUT2D eigenvalue weighted by molar-refractivity contribution is -0.142. The lowest BCUT2D eigenvalue weighted by Crippen LogP contribution is -2.30. The number of amides is 1. The minimum Gasteiger partial charge on any atom is -0.481 e. The molecular weight excluding hydrogens is 226 g/mol. The zero-order valence-corrected chi connectivity index (χ0v) is 10.0. The summed E-state index contributed by atoms with van der Waals surface area (Å²) in [5.41, 5.74) is 0. The van der Waals surface area contributed by atoms with E-state index in [-0.39, 0.29) is 24.2 Å². The molecule has 1 aliphatic carbocycles. The summed E-state index contributed by atoms with van der Waals surface area (Å²) >= 11 is 0. The van der Waals surface area contributed by atoms with Crippen LogP contribution in [0.2, 0.25) is 0 Å². The van der Waals surface area contributed by atoms with Crippen molar-refractivity contribution < 1.29 is 24.2 Å². The largest absolute Gasteiger partial charge is 0.481 e. The van der Waals surface area contributed by atoms with Crippen molar-refractivity contribution in [3.05, 3.63) is 0 Å². The number of hydrogen-bond donors (Lipinski definition) is 1. The average molecular weight is 243 g/mol. The van der Waals surface area contributed by atoms with E-state index in [0.717, 1.165) is 0 Å². The first-order chi connectivity index (χ1) is 7.97. The summed E-state index contributed by atoms with van der Waals surface area (Å²) < 4.78 is 4.48. The maximum Gasteiger partial charge on any atom is 0.307 e. The second kappa shape index (κ2) is 5.65. The van der Waals surface area contributed by atoms with Crippen LogP contribution >= 0.6 is 0 Å². The van der Waals surface area contributed by atoms with Crippen molar-refractivity contribution in [2.75, 3.05) is 20.7 Å². The molecule has 17 heavy (non-hydrogen) atoms. The Bertz CT molecular complexity index is 328. The third kappa shape index (κ3) is 3.72. The van der Waals surface area contributed by atoms with Crippen LogP contribution in [0.1, 0.15) is 19.3 Å². The maximum atomic E-state index is 11.7. The summed E-state index contributed by atoms with van der Waals surface area (Å²) in [6, 6.07) is 0. The molecule has 1 fully saturated rings. The van der Waals surface area contributed by atoms with E-state index in [9.17, 15) is 14.4 Å². The van der Waals surface area contributed by atoms with Gasteiger partial charge in [-0.3, -0.25) is 14.4 Å². The Hall–Kier alpha value is -1.59. The summed E-state index contributed by atoms with van der Waals surface area (Å²) in [5.74, 6) is -2.27. The average Bonchev–Trinajstić information content (AvgIpc) is 3.07. The van der Waals surface area contributed by atoms with E-state index < -0.39 is 11.9 Å². The zero-order chi connectivity index (χ0) is 13.0. The fraction of sp³-hybridized carbons (Fsp3) is 0.727. The van der Waals surface area contributed by atoms with Crippen molar-refractivity contribution in [2.45, 2.75) is 19.3 Å². The van der Waals surface area contributed by atoms with Crippen molar-refractivity contribution in [1.29, 1.82) is 0 Å². The quantitative estimate of drug-likeness (QED) is 0.670. The van der Waals surface area contributed by atoms with Gasteiger partial charge < -0.3 is 14.7 Å². The highest BCUT2D eigenvalue weighted by atomic mass is 16.5. The molecule has 0 saturated heterocycles. The molecular formula is C11H17NO5. The number of carboxylic acids is 1. The number of aliphatic carboxylic acids is 1. The van der Waals surface area contributed by atoms with Gasteiger partial charge in [0, 0.05) is 20.0 Å².